The second kappa shape index (κ2) is 3.40. The molecule has 0 radical (unpaired) electrons. The van der Waals surface area contributed by atoms with Gasteiger partial charge in [-0.1, -0.05) is 0 Å². The van der Waals surface area contributed by atoms with Gasteiger partial charge in [-0.05, 0) is 0 Å². The van der Waals surface area contributed by atoms with E-state index >= 15 is 0 Å². The summed E-state index contributed by atoms with van der Waals surface area (Å²) in [6.45, 7) is 0. The molecule has 0 aliphatic rings. The van der Waals surface area contributed by atoms with Crippen LogP contribution in [-0.2, 0) is 24.4 Å². The molecule has 0 rings (SSSR count). The maximum atomic E-state index is 11.4. The monoisotopic (exact) mass is 244 g/mol. The van der Waals surface area contributed by atoms with Crippen molar-refractivity contribution in [1.29, 1.82) is 0 Å². The average molecular weight is 244 g/mol. The lowest BCUT2D eigenvalue weighted by molar-refractivity contribution is -0.0531. The van der Waals surface area contributed by atoms with E-state index in [1.165, 1.54) is 0 Å². The van der Waals surface area contributed by atoms with E-state index in [4.69, 9.17) is 4.55 Å². The molecule has 0 aromatic heterocycles. The molecule has 0 unspecified atom stereocenters. The number of halogens is 3. The summed E-state index contributed by atoms with van der Waals surface area (Å²) in [5.74, 6) is -1.96. The van der Waals surface area contributed by atoms with Gasteiger partial charge in [0, 0.05) is 0 Å². The minimum Gasteiger partial charge on any atom is -0.284 e. The summed E-state index contributed by atoms with van der Waals surface area (Å²) >= 11 is 0. The van der Waals surface area contributed by atoms with E-state index in [1.54, 1.807) is 0 Å². The second-order valence-electron chi connectivity index (χ2n) is 1.72. The van der Waals surface area contributed by atoms with Gasteiger partial charge in [0.1, 0.15) is 0 Å². The Kier molecular flexibility index (Phi) is 3.30. The fourth-order valence-electron chi connectivity index (χ4n) is 0.191. The number of hydrogen-bond donors (Lipinski definition) is 1. The molecular formula is C2H3F3O6S2. The van der Waals surface area contributed by atoms with E-state index in [1.807, 2.05) is 0 Å². The van der Waals surface area contributed by atoms with Crippen molar-refractivity contribution in [1.82, 2.24) is 0 Å². The molecule has 0 atom stereocenters. The zero-order valence-electron chi connectivity index (χ0n) is 5.65. The van der Waals surface area contributed by atoms with Crippen molar-refractivity contribution in [3.63, 3.8) is 0 Å². The van der Waals surface area contributed by atoms with Crippen LogP contribution in [0.25, 0.3) is 0 Å². The number of alkyl halides is 3. The van der Waals surface area contributed by atoms with Gasteiger partial charge in [0.05, 0.1) is 0 Å². The summed E-state index contributed by atoms with van der Waals surface area (Å²) in [5.41, 5.74) is -5.71. The van der Waals surface area contributed by atoms with Crippen LogP contribution in [0.3, 0.4) is 0 Å². The van der Waals surface area contributed by atoms with Crippen molar-refractivity contribution in [2.75, 3.05) is 5.94 Å². The largest absolute Gasteiger partial charge is 0.523 e. The summed E-state index contributed by atoms with van der Waals surface area (Å²) in [6, 6.07) is 0. The van der Waals surface area contributed by atoms with Crippen molar-refractivity contribution < 1.29 is 38.7 Å². The average Bonchev–Trinajstić information content (AvgIpc) is 1.79. The Morgan fingerprint density at radius 2 is 1.54 bits per heavy atom. The van der Waals surface area contributed by atoms with Gasteiger partial charge in [-0.3, -0.25) is 4.55 Å². The maximum absolute atomic E-state index is 11.4. The highest BCUT2D eigenvalue weighted by Gasteiger charge is 2.47. The molecule has 0 saturated heterocycles. The highest BCUT2D eigenvalue weighted by Crippen LogP contribution is 2.24. The second-order valence-corrected chi connectivity index (χ2v) is 4.72. The van der Waals surface area contributed by atoms with Gasteiger partial charge in [0.2, 0.25) is 0 Å². The summed E-state index contributed by atoms with van der Waals surface area (Å²) in [5, 5.41) is 0. The zero-order valence-corrected chi connectivity index (χ0v) is 7.28. The molecule has 0 aromatic carbocycles. The Morgan fingerprint density at radius 1 is 1.15 bits per heavy atom. The van der Waals surface area contributed by atoms with Crippen molar-refractivity contribution in [3.05, 3.63) is 0 Å². The molecule has 1 N–H and O–H groups in total. The third kappa shape index (κ3) is 4.40. The Labute approximate surface area is 71.2 Å². The van der Waals surface area contributed by atoms with Crippen LogP contribution in [0.1, 0.15) is 0 Å². The Bertz CT molecular complexity index is 361. The normalized spacial score (nSPS) is 14.5. The minimum atomic E-state index is -5.97. The van der Waals surface area contributed by atoms with E-state index in [2.05, 4.69) is 4.18 Å². The van der Waals surface area contributed by atoms with E-state index in [0.717, 1.165) is 0 Å². The zero-order chi connectivity index (χ0) is 10.9. The summed E-state index contributed by atoms with van der Waals surface area (Å²) in [4.78, 5) is 0. The van der Waals surface area contributed by atoms with Crippen LogP contribution in [-0.4, -0.2) is 32.8 Å². The molecule has 0 aromatic rings. The number of hydrogen-bond acceptors (Lipinski definition) is 5. The fourth-order valence-corrected chi connectivity index (χ4v) is 1.32. The van der Waals surface area contributed by atoms with Crippen LogP contribution in [0.4, 0.5) is 13.2 Å². The smallest absolute Gasteiger partial charge is 0.284 e. The van der Waals surface area contributed by atoms with E-state index in [9.17, 15) is 30.0 Å². The summed E-state index contributed by atoms with van der Waals surface area (Å²) in [6.07, 6.45) is 0. The number of rotatable bonds is 3. The molecule has 6 nitrogen and oxygen atoms in total. The van der Waals surface area contributed by atoms with E-state index in [0.29, 0.717) is 0 Å². The van der Waals surface area contributed by atoms with Gasteiger partial charge in [-0.2, -0.15) is 30.0 Å². The molecule has 0 fully saturated rings. The first-order valence-electron chi connectivity index (χ1n) is 2.36. The third-order valence-electron chi connectivity index (χ3n) is 0.636. The molecule has 0 bridgehead atoms. The standard InChI is InChI=1S/C2H3F3O6S2/c3-2(4,5)13(9,10)11-1-12(6,7)8/h1H2,(H,6,7,8). The highest BCUT2D eigenvalue weighted by molar-refractivity contribution is 7.89. The summed E-state index contributed by atoms with van der Waals surface area (Å²) in [7, 11) is -10.9. The van der Waals surface area contributed by atoms with Crippen molar-refractivity contribution in [3.8, 4) is 0 Å². The Morgan fingerprint density at radius 3 is 1.77 bits per heavy atom. The van der Waals surface area contributed by atoms with Crippen LogP contribution in [0.2, 0.25) is 0 Å². The van der Waals surface area contributed by atoms with Crippen LogP contribution in [0.5, 0.6) is 0 Å². The van der Waals surface area contributed by atoms with Gasteiger partial charge in [0.15, 0.2) is 5.94 Å². The predicted molar refractivity (Wildman–Crippen MR) is 32.5 cm³/mol. The molecule has 0 spiro atoms. The van der Waals surface area contributed by atoms with Crippen molar-refractivity contribution >= 4 is 20.2 Å². The van der Waals surface area contributed by atoms with Crippen LogP contribution >= 0.6 is 0 Å². The molecule has 0 aliphatic heterocycles. The van der Waals surface area contributed by atoms with E-state index in [-0.39, 0.29) is 0 Å². The topological polar surface area (TPSA) is 97.7 Å². The molecule has 13 heavy (non-hydrogen) atoms. The first kappa shape index (κ1) is 12.6. The van der Waals surface area contributed by atoms with Crippen LogP contribution < -0.4 is 0 Å². The van der Waals surface area contributed by atoms with Gasteiger partial charge in [0.25, 0.3) is 10.1 Å². The van der Waals surface area contributed by atoms with Crippen molar-refractivity contribution in [2.24, 2.45) is 0 Å². The first-order valence-corrected chi connectivity index (χ1v) is 5.38. The lowest BCUT2D eigenvalue weighted by Crippen LogP contribution is -2.27. The van der Waals surface area contributed by atoms with Gasteiger partial charge < -0.3 is 0 Å². The minimum absolute atomic E-state index is 1.96. The van der Waals surface area contributed by atoms with Crippen molar-refractivity contribution in [2.45, 2.75) is 5.51 Å². The molecule has 80 valence electrons. The van der Waals surface area contributed by atoms with Gasteiger partial charge >= 0.3 is 15.6 Å². The lowest BCUT2D eigenvalue weighted by atomic mass is 11.6. The van der Waals surface area contributed by atoms with Crippen LogP contribution in [0, 0.1) is 0 Å². The maximum Gasteiger partial charge on any atom is 0.523 e. The van der Waals surface area contributed by atoms with Gasteiger partial charge in [-0.15, -0.1) is 0 Å². The van der Waals surface area contributed by atoms with E-state index < -0.39 is 31.7 Å². The molecular weight excluding hydrogens is 241 g/mol. The lowest BCUT2D eigenvalue weighted by Gasteiger charge is -2.06. The molecule has 0 aliphatic carbocycles. The predicted octanol–water partition coefficient (Wildman–Crippen LogP) is -0.302. The van der Waals surface area contributed by atoms with Gasteiger partial charge in [-0.25, -0.2) is 4.18 Å². The SMILES string of the molecule is O=S(=O)(O)COS(=O)(=O)C(F)(F)F. The highest BCUT2D eigenvalue weighted by atomic mass is 32.2. The first-order chi connectivity index (χ1) is 5.46. The summed E-state index contributed by atoms with van der Waals surface area (Å²) < 4.78 is 84.6. The van der Waals surface area contributed by atoms with Crippen LogP contribution in [0.15, 0.2) is 0 Å². The Balaban J connectivity index is 4.59. The molecule has 0 amide bonds. The molecule has 0 saturated carbocycles. The quantitative estimate of drug-likeness (QED) is 0.415. The molecule has 0 heterocycles. The fraction of sp³-hybridized carbons (Fsp3) is 1.00. The Hall–Kier alpha value is -0.390. The molecule has 11 heteroatoms. The third-order valence-corrected chi connectivity index (χ3v) is 2.20.